The summed E-state index contributed by atoms with van der Waals surface area (Å²) in [5, 5.41) is 0. The van der Waals surface area contributed by atoms with Gasteiger partial charge < -0.3 is 4.90 Å². The number of anilines is 1. The molecule has 0 fully saturated rings. The number of hydrogen-bond acceptors (Lipinski definition) is 4. The molecule has 4 nitrogen and oxygen atoms in total. The van der Waals surface area contributed by atoms with Crippen molar-refractivity contribution in [2.45, 2.75) is 48.0 Å². The molecule has 142 valence electrons. The van der Waals surface area contributed by atoms with Gasteiger partial charge in [0.25, 0.3) is 0 Å². The normalized spacial score (nSPS) is 13.3. The molecule has 0 amide bonds. The summed E-state index contributed by atoms with van der Waals surface area (Å²) < 4.78 is 0. The van der Waals surface area contributed by atoms with Gasteiger partial charge in [-0.25, -0.2) is 4.98 Å². The fourth-order valence-corrected chi connectivity index (χ4v) is 2.65. The molecule has 0 N–H and O–H groups in total. The fourth-order valence-electron chi connectivity index (χ4n) is 2.65. The van der Waals surface area contributed by atoms with Crippen LogP contribution < -0.4 is 4.90 Å². The first-order chi connectivity index (χ1) is 12.2. The van der Waals surface area contributed by atoms with Gasteiger partial charge in [0.15, 0.2) is 0 Å². The number of aryl methyl sites for hydroxylation is 2. The number of aromatic nitrogens is 3. The van der Waals surface area contributed by atoms with Crippen molar-refractivity contribution in [3.05, 3.63) is 60.8 Å². The maximum atomic E-state index is 4.44. The summed E-state index contributed by atoms with van der Waals surface area (Å²) in [6.07, 6.45) is 11.4. The highest BCUT2D eigenvalue weighted by atomic mass is 15.3. The summed E-state index contributed by atoms with van der Waals surface area (Å²) in [4.78, 5) is 15.2. The van der Waals surface area contributed by atoms with E-state index in [4.69, 9.17) is 0 Å². The molecule has 1 rings (SSSR count). The SMILES string of the molecule is C=CCN(C/C=C\C=C/C(C)C(C)(C)C(=C)CC)c1nc(C)nc(C)n1. The Bertz CT molecular complexity index is 650. The minimum atomic E-state index is 0.105. The van der Waals surface area contributed by atoms with Gasteiger partial charge in [-0.05, 0) is 31.6 Å². The predicted molar refractivity (Wildman–Crippen MR) is 112 cm³/mol. The molecule has 1 unspecified atom stereocenters. The van der Waals surface area contributed by atoms with Crippen molar-refractivity contribution < 1.29 is 0 Å². The molecule has 0 saturated heterocycles. The molecule has 4 heteroatoms. The van der Waals surface area contributed by atoms with Crippen LogP contribution in [-0.2, 0) is 0 Å². The van der Waals surface area contributed by atoms with Gasteiger partial charge >= 0.3 is 0 Å². The summed E-state index contributed by atoms with van der Waals surface area (Å²) in [5.41, 5.74) is 1.39. The molecule has 1 atom stereocenters. The van der Waals surface area contributed by atoms with Gasteiger partial charge in [0.1, 0.15) is 11.6 Å². The van der Waals surface area contributed by atoms with Gasteiger partial charge in [-0.3, -0.25) is 0 Å². The van der Waals surface area contributed by atoms with Crippen molar-refractivity contribution in [3.8, 4) is 0 Å². The second-order valence-electron chi connectivity index (χ2n) is 7.20. The summed E-state index contributed by atoms with van der Waals surface area (Å²) in [7, 11) is 0. The third-order valence-electron chi connectivity index (χ3n) is 4.93. The molecule has 0 aliphatic heterocycles. The van der Waals surface area contributed by atoms with Crippen LogP contribution in [0.2, 0.25) is 0 Å². The fraction of sp³-hybridized carbons (Fsp3) is 0.500. The highest BCUT2D eigenvalue weighted by Crippen LogP contribution is 2.36. The maximum absolute atomic E-state index is 4.44. The van der Waals surface area contributed by atoms with E-state index in [1.165, 1.54) is 5.57 Å². The molecule has 0 saturated carbocycles. The number of rotatable bonds is 10. The van der Waals surface area contributed by atoms with Gasteiger partial charge in [-0.1, -0.05) is 70.2 Å². The Hall–Kier alpha value is -2.23. The topological polar surface area (TPSA) is 41.9 Å². The molecule has 0 aromatic carbocycles. The maximum Gasteiger partial charge on any atom is 0.229 e. The van der Waals surface area contributed by atoms with Crippen LogP contribution in [0.5, 0.6) is 0 Å². The third-order valence-corrected chi connectivity index (χ3v) is 4.93. The third kappa shape index (κ3) is 6.25. The summed E-state index contributed by atoms with van der Waals surface area (Å²) >= 11 is 0. The Morgan fingerprint density at radius 3 is 2.27 bits per heavy atom. The van der Waals surface area contributed by atoms with Crippen LogP contribution in [0.15, 0.2) is 49.1 Å². The Balaban J connectivity index is 2.74. The van der Waals surface area contributed by atoms with E-state index in [1.54, 1.807) is 0 Å². The summed E-state index contributed by atoms with van der Waals surface area (Å²) in [6.45, 7) is 22.2. The molecule has 1 aromatic heterocycles. The van der Waals surface area contributed by atoms with Crippen molar-refractivity contribution >= 4 is 5.95 Å². The van der Waals surface area contributed by atoms with Crippen LogP contribution in [-0.4, -0.2) is 28.0 Å². The average molecular weight is 355 g/mol. The van der Waals surface area contributed by atoms with Crippen molar-refractivity contribution in [2.75, 3.05) is 18.0 Å². The standard InChI is InChI=1S/C22H34N4/c1-9-15-26(21-24-19(5)23-20(6)25-21)16-13-11-12-14-18(4)22(7,8)17(3)10-2/h9,11-14,18H,1,3,10,15-16H2,2,4-8H3/b13-11-,14-12-. The summed E-state index contributed by atoms with van der Waals surface area (Å²) in [6, 6.07) is 0. The highest BCUT2D eigenvalue weighted by molar-refractivity contribution is 5.32. The highest BCUT2D eigenvalue weighted by Gasteiger charge is 2.25. The molecular weight excluding hydrogens is 320 g/mol. The van der Waals surface area contributed by atoms with E-state index in [0.717, 1.165) is 24.6 Å². The lowest BCUT2D eigenvalue weighted by atomic mass is 9.73. The van der Waals surface area contributed by atoms with Crippen molar-refractivity contribution in [2.24, 2.45) is 11.3 Å². The number of hydrogen-bond donors (Lipinski definition) is 0. The minimum absolute atomic E-state index is 0.105. The Kier molecular flexibility index (Phi) is 8.43. The average Bonchev–Trinajstić information content (AvgIpc) is 2.58. The molecular formula is C22H34N4. The van der Waals surface area contributed by atoms with E-state index in [1.807, 2.05) is 19.9 Å². The second kappa shape index (κ2) is 10.0. The zero-order valence-electron chi connectivity index (χ0n) is 17.3. The van der Waals surface area contributed by atoms with E-state index in [0.29, 0.717) is 18.4 Å². The van der Waals surface area contributed by atoms with Crippen LogP contribution in [0, 0.1) is 25.2 Å². The molecule has 1 heterocycles. The Morgan fingerprint density at radius 1 is 1.12 bits per heavy atom. The number of allylic oxidation sites excluding steroid dienone is 4. The van der Waals surface area contributed by atoms with E-state index < -0.39 is 0 Å². The van der Waals surface area contributed by atoms with Crippen molar-refractivity contribution in [3.63, 3.8) is 0 Å². The molecule has 0 bridgehead atoms. The van der Waals surface area contributed by atoms with Crippen molar-refractivity contribution in [1.29, 1.82) is 0 Å². The second-order valence-corrected chi connectivity index (χ2v) is 7.20. The summed E-state index contributed by atoms with van der Waals surface area (Å²) in [5.74, 6) is 2.59. The smallest absolute Gasteiger partial charge is 0.229 e. The molecule has 0 aliphatic carbocycles. The minimum Gasteiger partial charge on any atom is -0.333 e. The van der Waals surface area contributed by atoms with Gasteiger partial charge in [0.2, 0.25) is 5.95 Å². The first-order valence-corrected chi connectivity index (χ1v) is 9.29. The number of nitrogens with zero attached hydrogens (tertiary/aromatic N) is 4. The van der Waals surface area contributed by atoms with Gasteiger partial charge in [-0.15, -0.1) is 6.58 Å². The lowest BCUT2D eigenvalue weighted by Crippen LogP contribution is -2.26. The molecule has 0 spiro atoms. The van der Waals surface area contributed by atoms with Crippen LogP contribution in [0.25, 0.3) is 0 Å². The first-order valence-electron chi connectivity index (χ1n) is 9.29. The van der Waals surface area contributed by atoms with Gasteiger partial charge in [0.05, 0.1) is 0 Å². The van der Waals surface area contributed by atoms with Crippen molar-refractivity contribution in [1.82, 2.24) is 15.0 Å². The quantitative estimate of drug-likeness (QED) is 0.426. The zero-order valence-corrected chi connectivity index (χ0v) is 17.3. The van der Waals surface area contributed by atoms with E-state index in [9.17, 15) is 0 Å². The van der Waals surface area contributed by atoms with Gasteiger partial charge in [0, 0.05) is 13.1 Å². The molecule has 26 heavy (non-hydrogen) atoms. The van der Waals surface area contributed by atoms with Crippen LogP contribution in [0.1, 0.15) is 45.8 Å². The predicted octanol–water partition coefficient (Wildman–Crippen LogP) is 5.22. The van der Waals surface area contributed by atoms with E-state index >= 15 is 0 Å². The van der Waals surface area contributed by atoms with Crippen LogP contribution in [0.4, 0.5) is 5.95 Å². The lowest BCUT2D eigenvalue weighted by molar-refractivity contribution is 0.335. The van der Waals surface area contributed by atoms with Crippen LogP contribution >= 0.6 is 0 Å². The monoisotopic (exact) mass is 354 g/mol. The molecule has 0 radical (unpaired) electrons. The zero-order chi connectivity index (χ0) is 19.7. The van der Waals surface area contributed by atoms with E-state index in [2.05, 4.69) is 85.0 Å². The van der Waals surface area contributed by atoms with E-state index in [-0.39, 0.29) is 5.41 Å². The first kappa shape index (κ1) is 21.8. The van der Waals surface area contributed by atoms with Crippen LogP contribution in [0.3, 0.4) is 0 Å². The lowest BCUT2D eigenvalue weighted by Gasteiger charge is -2.31. The largest absolute Gasteiger partial charge is 0.333 e. The molecule has 0 aliphatic rings. The Labute approximate surface area is 159 Å². The van der Waals surface area contributed by atoms with Gasteiger partial charge in [-0.2, -0.15) is 9.97 Å². The Morgan fingerprint density at radius 2 is 1.73 bits per heavy atom. The molecule has 1 aromatic rings.